The first kappa shape index (κ1) is 23.4. The van der Waals surface area contributed by atoms with Crippen molar-refractivity contribution in [3.05, 3.63) is 83.9 Å². The lowest BCUT2D eigenvalue weighted by Crippen LogP contribution is -2.40. The second kappa shape index (κ2) is 10.5. The third-order valence-corrected chi connectivity index (χ3v) is 6.35. The van der Waals surface area contributed by atoms with Crippen molar-refractivity contribution in [3.63, 3.8) is 0 Å². The zero-order chi connectivity index (χ0) is 24.9. The molecule has 1 aliphatic heterocycles. The van der Waals surface area contributed by atoms with Gasteiger partial charge in [0.05, 0.1) is 0 Å². The number of carbonyl (C=O) groups excluding carboxylic acids is 2. The van der Waals surface area contributed by atoms with Crippen LogP contribution in [-0.2, 0) is 11.3 Å². The minimum absolute atomic E-state index is 0.0442. The number of urea groups is 1. The number of aromatic nitrogens is 1. The number of para-hydroxylation sites is 2. The van der Waals surface area contributed by atoms with E-state index in [1.807, 2.05) is 79.7 Å². The molecule has 0 atom stereocenters. The van der Waals surface area contributed by atoms with Crippen LogP contribution in [-0.4, -0.2) is 30.0 Å². The number of hydrogen-bond acceptors (Lipinski definition) is 5. The SMILES string of the molecule is Cc1cccc(NC(=O)Nc2cccc(CNC(=O)C3CCN(c4nc5ccccc5o4)CC3)c2)c1. The van der Waals surface area contributed by atoms with Crippen molar-refractivity contribution in [2.75, 3.05) is 28.6 Å². The summed E-state index contributed by atoms with van der Waals surface area (Å²) in [4.78, 5) is 31.8. The molecule has 5 rings (SSSR count). The molecule has 1 saturated heterocycles. The van der Waals surface area contributed by atoms with Crippen LogP contribution >= 0.6 is 0 Å². The van der Waals surface area contributed by atoms with Crippen LogP contribution in [0.15, 0.2) is 77.2 Å². The fourth-order valence-corrected chi connectivity index (χ4v) is 4.44. The second-order valence-corrected chi connectivity index (χ2v) is 9.09. The summed E-state index contributed by atoms with van der Waals surface area (Å²) < 4.78 is 5.87. The highest BCUT2D eigenvalue weighted by Gasteiger charge is 2.27. The lowest BCUT2D eigenvalue weighted by atomic mass is 9.96. The van der Waals surface area contributed by atoms with E-state index < -0.39 is 0 Å². The van der Waals surface area contributed by atoms with Crippen LogP contribution in [0.2, 0.25) is 0 Å². The van der Waals surface area contributed by atoms with E-state index in [1.165, 1.54) is 0 Å². The Bertz CT molecular complexity index is 1340. The largest absolute Gasteiger partial charge is 0.423 e. The summed E-state index contributed by atoms with van der Waals surface area (Å²) in [6.07, 6.45) is 1.48. The van der Waals surface area contributed by atoms with Crippen molar-refractivity contribution >= 4 is 40.4 Å². The molecule has 3 N–H and O–H groups in total. The molecule has 1 aliphatic rings. The number of benzene rings is 3. The quantitative estimate of drug-likeness (QED) is 0.345. The Morgan fingerprint density at radius 3 is 2.42 bits per heavy atom. The van der Waals surface area contributed by atoms with E-state index in [-0.39, 0.29) is 17.9 Å². The van der Waals surface area contributed by atoms with Gasteiger partial charge >= 0.3 is 6.03 Å². The number of nitrogens with one attached hydrogen (secondary N) is 3. The van der Waals surface area contributed by atoms with Crippen molar-refractivity contribution in [3.8, 4) is 0 Å². The molecule has 0 radical (unpaired) electrons. The molecule has 36 heavy (non-hydrogen) atoms. The van der Waals surface area contributed by atoms with Crippen molar-refractivity contribution in [2.45, 2.75) is 26.3 Å². The number of piperidine rings is 1. The van der Waals surface area contributed by atoms with E-state index in [0.29, 0.717) is 18.2 Å². The fourth-order valence-electron chi connectivity index (χ4n) is 4.44. The maximum atomic E-state index is 12.8. The van der Waals surface area contributed by atoms with Crippen LogP contribution in [0.5, 0.6) is 0 Å². The zero-order valence-electron chi connectivity index (χ0n) is 20.2. The predicted molar refractivity (Wildman–Crippen MR) is 141 cm³/mol. The predicted octanol–water partition coefficient (Wildman–Crippen LogP) is 5.31. The molecule has 0 saturated carbocycles. The average Bonchev–Trinajstić information content (AvgIpc) is 3.32. The maximum absolute atomic E-state index is 12.8. The highest BCUT2D eigenvalue weighted by Crippen LogP contribution is 2.26. The molecule has 1 aromatic heterocycles. The molecule has 2 heterocycles. The minimum Gasteiger partial charge on any atom is -0.423 e. The molecule has 8 nitrogen and oxygen atoms in total. The van der Waals surface area contributed by atoms with Gasteiger partial charge in [0.2, 0.25) is 5.91 Å². The minimum atomic E-state index is -0.313. The van der Waals surface area contributed by atoms with Gasteiger partial charge in [0, 0.05) is 36.9 Å². The van der Waals surface area contributed by atoms with E-state index in [0.717, 1.165) is 53.8 Å². The summed E-state index contributed by atoms with van der Waals surface area (Å²) in [5.41, 5.74) is 5.01. The number of hydrogen-bond donors (Lipinski definition) is 3. The topological polar surface area (TPSA) is 99.5 Å². The average molecular weight is 484 g/mol. The monoisotopic (exact) mass is 483 g/mol. The van der Waals surface area contributed by atoms with Gasteiger partial charge in [-0.05, 0) is 67.3 Å². The molecular weight excluding hydrogens is 454 g/mol. The molecule has 0 aliphatic carbocycles. The number of rotatable bonds is 6. The first-order chi connectivity index (χ1) is 17.5. The number of amides is 3. The molecule has 0 unspecified atom stereocenters. The van der Waals surface area contributed by atoms with Crippen molar-refractivity contribution in [1.29, 1.82) is 0 Å². The lowest BCUT2D eigenvalue weighted by Gasteiger charge is -2.30. The Balaban J connectivity index is 1.10. The number of anilines is 3. The molecule has 4 aromatic rings. The lowest BCUT2D eigenvalue weighted by molar-refractivity contribution is -0.125. The Morgan fingerprint density at radius 2 is 1.67 bits per heavy atom. The standard InChI is InChI=1S/C28H29N5O3/c1-19-6-4-8-22(16-19)30-27(35)31-23-9-5-7-20(17-23)18-29-26(34)21-12-14-33(15-13-21)28-32-24-10-2-3-11-25(24)36-28/h2-11,16-17,21H,12-15,18H2,1H3,(H,29,34)(H2,30,31,35). The van der Waals surface area contributed by atoms with Gasteiger partial charge in [-0.1, -0.05) is 36.4 Å². The van der Waals surface area contributed by atoms with Crippen molar-refractivity contribution in [2.24, 2.45) is 5.92 Å². The first-order valence-electron chi connectivity index (χ1n) is 12.2. The van der Waals surface area contributed by atoms with Crippen molar-refractivity contribution in [1.82, 2.24) is 10.3 Å². The second-order valence-electron chi connectivity index (χ2n) is 9.09. The van der Waals surface area contributed by atoms with E-state index >= 15 is 0 Å². The number of fused-ring (bicyclic) bond motifs is 1. The van der Waals surface area contributed by atoms with E-state index in [4.69, 9.17) is 4.42 Å². The van der Waals surface area contributed by atoms with Gasteiger partial charge in [0.25, 0.3) is 6.01 Å². The van der Waals surface area contributed by atoms with Crippen LogP contribution in [0, 0.1) is 12.8 Å². The van der Waals surface area contributed by atoms with Crippen LogP contribution in [0.4, 0.5) is 22.2 Å². The number of nitrogens with zero attached hydrogens (tertiary/aromatic N) is 2. The zero-order valence-corrected chi connectivity index (χ0v) is 20.2. The summed E-state index contributed by atoms with van der Waals surface area (Å²) in [5, 5.41) is 8.73. The Morgan fingerprint density at radius 1 is 0.944 bits per heavy atom. The molecule has 3 aromatic carbocycles. The normalized spacial score (nSPS) is 14.0. The molecule has 1 fully saturated rings. The molecule has 0 spiro atoms. The third-order valence-electron chi connectivity index (χ3n) is 6.35. The van der Waals surface area contributed by atoms with Gasteiger partial charge in [0.1, 0.15) is 5.52 Å². The highest BCUT2D eigenvalue weighted by atomic mass is 16.4. The number of oxazole rings is 1. The number of carbonyl (C=O) groups is 2. The Labute approximate surface area is 209 Å². The van der Waals surface area contributed by atoms with Gasteiger partial charge in [-0.25, -0.2) is 4.79 Å². The van der Waals surface area contributed by atoms with Gasteiger partial charge in [-0.15, -0.1) is 0 Å². The van der Waals surface area contributed by atoms with Crippen LogP contribution in [0.1, 0.15) is 24.0 Å². The van der Waals surface area contributed by atoms with Gasteiger partial charge in [-0.2, -0.15) is 4.98 Å². The highest BCUT2D eigenvalue weighted by molar-refractivity contribution is 5.99. The Hall–Kier alpha value is -4.33. The molecule has 184 valence electrons. The van der Waals surface area contributed by atoms with Gasteiger partial charge in [-0.3, -0.25) is 4.79 Å². The van der Waals surface area contributed by atoms with Crippen LogP contribution in [0.25, 0.3) is 11.1 Å². The summed E-state index contributed by atoms with van der Waals surface area (Å²) in [7, 11) is 0. The maximum Gasteiger partial charge on any atom is 0.323 e. The molecular formula is C28H29N5O3. The van der Waals surface area contributed by atoms with Gasteiger partial charge in [0.15, 0.2) is 5.58 Å². The van der Waals surface area contributed by atoms with Crippen LogP contribution in [0.3, 0.4) is 0 Å². The Kier molecular flexibility index (Phi) is 6.84. The van der Waals surface area contributed by atoms with E-state index in [1.54, 1.807) is 0 Å². The third kappa shape index (κ3) is 5.66. The van der Waals surface area contributed by atoms with Gasteiger partial charge < -0.3 is 25.3 Å². The summed E-state index contributed by atoms with van der Waals surface area (Å²) in [6, 6.07) is 23.1. The summed E-state index contributed by atoms with van der Waals surface area (Å²) >= 11 is 0. The van der Waals surface area contributed by atoms with E-state index in [9.17, 15) is 9.59 Å². The van der Waals surface area contributed by atoms with Crippen LogP contribution < -0.4 is 20.9 Å². The molecule has 3 amide bonds. The summed E-state index contributed by atoms with van der Waals surface area (Å²) in [5.74, 6) is -0.00480. The summed E-state index contributed by atoms with van der Waals surface area (Å²) in [6.45, 7) is 3.82. The fraction of sp³-hybridized carbons (Fsp3) is 0.250. The molecule has 8 heteroatoms. The number of aryl methyl sites for hydroxylation is 1. The van der Waals surface area contributed by atoms with E-state index in [2.05, 4.69) is 25.8 Å². The van der Waals surface area contributed by atoms with Crippen molar-refractivity contribution < 1.29 is 14.0 Å². The molecule has 0 bridgehead atoms. The first-order valence-corrected chi connectivity index (χ1v) is 12.2. The smallest absolute Gasteiger partial charge is 0.323 e.